The molecule has 0 saturated carbocycles. The zero-order valence-corrected chi connectivity index (χ0v) is 7.88. The number of methoxy groups -OCH3 is 1. The van der Waals surface area contributed by atoms with E-state index in [4.69, 9.17) is 4.74 Å². The molecule has 0 aromatic heterocycles. The molecule has 12 heavy (non-hydrogen) atoms. The van der Waals surface area contributed by atoms with Crippen LogP contribution >= 0.6 is 12.9 Å². The van der Waals surface area contributed by atoms with Crippen molar-refractivity contribution >= 4 is 12.9 Å². The molecule has 0 fully saturated rings. The van der Waals surface area contributed by atoms with Gasteiger partial charge in [-0.15, -0.1) is 0 Å². The fourth-order valence-corrected chi connectivity index (χ4v) is 1.05. The predicted molar refractivity (Wildman–Crippen MR) is 51.6 cm³/mol. The molecule has 0 aliphatic heterocycles. The van der Waals surface area contributed by atoms with E-state index in [0.29, 0.717) is 6.61 Å². The first kappa shape index (κ1) is 9.42. The third-order valence-corrected chi connectivity index (χ3v) is 1.82. The molecule has 1 aromatic rings. The standard InChI is InChI=1S/C9H12O2S/c1-10-9-4-2-8(3-5-9)6-7-11-12/h2-5,12H,6-7H2,1H3. The molecule has 1 aromatic carbocycles. The molecule has 66 valence electrons. The van der Waals surface area contributed by atoms with Crippen molar-refractivity contribution in [3.05, 3.63) is 29.8 Å². The minimum absolute atomic E-state index is 0.634. The van der Waals surface area contributed by atoms with Crippen LogP contribution in [0.15, 0.2) is 24.3 Å². The van der Waals surface area contributed by atoms with Gasteiger partial charge in [-0.3, -0.25) is 0 Å². The molecule has 0 amide bonds. The SMILES string of the molecule is COc1ccc(CCOS)cc1. The van der Waals surface area contributed by atoms with Crippen molar-refractivity contribution in [1.29, 1.82) is 0 Å². The largest absolute Gasteiger partial charge is 0.497 e. The number of benzene rings is 1. The molecular weight excluding hydrogens is 172 g/mol. The van der Waals surface area contributed by atoms with Crippen LogP contribution in [-0.2, 0) is 10.6 Å². The molecule has 2 nitrogen and oxygen atoms in total. The van der Waals surface area contributed by atoms with E-state index >= 15 is 0 Å². The van der Waals surface area contributed by atoms with Crippen molar-refractivity contribution < 1.29 is 8.92 Å². The minimum atomic E-state index is 0.634. The summed E-state index contributed by atoms with van der Waals surface area (Å²) in [4.78, 5) is 0. The number of rotatable bonds is 4. The molecule has 0 N–H and O–H groups in total. The quantitative estimate of drug-likeness (QED) is 0.570. The Balaban J connectivity index is 2.53. The van der Waals surface area contributed by atoms with Gasteiger partial charge in [0.1, 0.15) is 5.75 Å². The van der Waals surface area contributed by atoms with E-state index in [2.05, 4.69) is 17.1 Å². The molecule has 0 bridgehead atoms. The topological polar surface area (TPSA) is 18.5 Å². The van der Waals surface area contributed by atoms with Crippen molar-refractivity contribution in [2.75, 3.05) is 13.7 Å². The summed E-state index contributed by atoms with van der Waals surface area (Å²) in [5.41, 5.74) is 1.23. The number of hydrogen-bond donors (Lipinski definition) is 1. The van der Waals surface area contributed by atoms with Gasteiger partial charge in [0.25, 0.3) is 0 Å². The lowest BCUT2D eigenvalue weighted by Crippen LogP contribution is -1.91. The molecule has 0 aliphatic rings. The normalized spacial score (nSPS) is 9.83. The lowest BCUT2D eigenvalue weighted by atomic mass is 10.1. The van der Waals surface area contributed by atoms with Crippen molar-refractivity contribution in [2.45, 2.75) is 6.42 Å². The van der Waals surface area contributed by atoms with E-state index in [1.54, 1.807) is 7.11 Å². The average Bonchev–Trinajstić information content (AvgIpc) is 2.15. The fraction of sp³-hybridized carbons (Fsp3) is 0.333. The summed E-state index contributed by atoms with van der Waals surface area (Å²) in [6, 6.07) is 7.92. The van der Waals surface area contributed by atoms with E-state index in [1.807, 2.05) is 24.3 Å². The molecule has 0 aliphatic carbocycles. The monoisotopic (exact) mass is 184 g/mol. The van der Waals surface area contributed by atoms with Crippen LogP contribution in [0.1, 0.15) is 5.56 Å². The van der Waals surface area contributed by atoms with Crippen LogP contribution in [-0.4, -0.2) is 13.7 Å². The van der Waals surface area contributed by atoms with Gasteiger partial charge in [-0.2, -0.15) is 0 Å². The van der Waals surface area contributed by atoms with Crippen LogP contribution in [0.25, 0.3) is 0 Å². The van der Waals surface area contributed by atoms with Crippen LogP contribution in [0.2, 0.25) is 0 Å². The predicted octanol–water partition coefficient (Wildman–Crippen LogP) is 2.10. The number of hydrogen-bond acceptors (Lipinski definition) is 3. The van der Waals surface area contributed by atoms with Gasteiger partial charge in [-0.1, -0.05) is 12.1 Å². The van der Waals surface area contributed by atoms with Gasteiger partial charge in [0.05, 0.1) is 13.7 Å². The van der Waals surface area contributed by atoms with Gasteiger partial charge in [0.2, 0.25) is 0 Å². The third-order valence-electron chi connectivity index (χ3n) is 1.64. The summed E-state index contributed by atoms with van der Waals surface area (Å²) in [5.74, 6) is 0.880. The summed E-state index contributed by atoms with van der Waals surface area (Å²) in [6.45, 7) is 0.634. The van der Waals surface area contributed by atoms with Gasteiger partial charge < -0.3 is 8.92 Å². The molecule has 0 saturated heterocycles. The number of thiol groups is 1. The van der Waals surface area contributed by atoms with E-state index in [1.165, 1.54) is 5.56 Å². The van der Waals surface area contributed by atoms with Crippen molar-refractivity contribution in [3.8, 4) is 5.75 Å². The fourth-order valence-electron chi connectivity index (χ4n) is 0.956. The van der Waals surface area contributed by atoms with Gasteiger partial charge in [-0.05, 0) is 37.0 Å². The molecule has 1 rings (SSSR count). The Morgan fingerprint density at radius 3 is 2.42 bits per heavy atom. The van der Waals surface area contributed by atoms with E-state index in [9.17, 15) is 0 Å². The molecule has 0 unspecified atom stereocenters. The Kier molecular flexibility index (Phi) is 3.97. The maximum Gasteiger partial charge on any atom is 0.118 e. The Labute approximate surface area is 78.1 Å². The number of ether oxygens (including phenoxy) is 1. The Bertz CT molecular complexity index is 220. The van der Waals surface area contributed by atoms with E-state index < -0.39 is 0 Å². The van der Waals surface area contributed by atoms with Crippen LogP contribution in [0.3, 0.4) is 0 Å². The van der Waals surface area contributed by atoms with Crippen LogP contribution in [0, 0.1) is 0 Å². The van der Waals surface area contributed by atoms with E-state index in [0.717, 1.165) is 12.2 Å². The second-order valence-electron chi connectivity index (χ2n) is 2.43. The van der Waals surface area contributed by atoms with Crippen molar-refractivity contribution in [3.63, 3.8) is 0 Å². The first-order valence-electron chi connectivity index (χ1n) is 3.76. The second kappa shape index (κ2) is 5.06. The Hall–Kier alpha value is -0.670. The average molecular weight is 184 g/mol. The molecular formula is C9H12O2S. The summed E-state index contributed by atoms with van der Waals surface area (Å²) in [6.07, 6.45) is 0.882. The highest BCUT2D eigenvalue weighted by molar-refractivity contribution is 7.75. The Morgan fingerprint density at radius 1 is 1.25 bits per heavy atom. The van der Waals surface area contributed by atoms with Crippen molar-refractivity contribution in [1.82, 2.24) is 0 Å². The van der Waals surface area contributed by atoms with Crippen molar-refractivity contribution in [2.24, 2.45) is 0 Å². The lowest BCUT2D eigenvalue weighted by Gasteiger charge is -2.01. The zero-order valence-electron chi connectivity index (χ0n) is 6.99. The molecule has 0 heterocycles. The maximum atomic E-state index is 5.03. The maximum absolute atomic E-state index is 5.03. The summed E-state index contributed by atoms with van der Waals surface area (Å²) < 4.78 is 9.69. The Morgan fingerprint density at radius 2 is 1.92 bits per heavy atom. The highest BCUT2D eigenvalue weighted by Crippen LogP contribution is 2.11. The zero-order chi connectivity index (χ0) is 8.81. The molecule has 0 radical (unpaired) electrons. The summed E-state index contributed by atoms with van der Waals surface area (Å²) in [5, 5.41) is 0. The first-order chi connectivity index (χ1) is 5.86. The van der Waals surface area contributed by atoms with Gasteiger partial charge in [0.15, 0.2) is 0 Å². The smallest absolute Gasteiger partial charge is 0.118 e. The van der Waals surface area contributed by atoms with Gasteiger partial charge >= 0.3 is 0 Å². The van der Waals surface area contributed by atoms with Crippen LogP contribution < -0.4 is 4.74 Å². The van der Waals surface area contributed by atoms with Crippen LogP contribution in [0.4, 0.5) is 0 Å². The third kappa shape index (κ3) is 2.75. The van der Waals surface area contributed by atoms with E-state index in [-0.39, 0.29) is 0 Å². The highest BCUT2D eigenvalue weighted by atomic mass is 32.1. The molecule has 3 heteroatoms. The highest BCUT2D eigenvalue weighted by Gasteiger charge is 1.93. The second-order valence-corrected chi connectivity index (χ2v) is 2.69. The molecule has 0 spiro atoms. The van der Waals surface area contributed by atoms with Crippen LogP contribution in [0.5, 0.6) is 5.75 Å². The minimum Gasteiger partial charge on any atom is -0.497 e. The van der Waals surface area contributed by atoms with Gasteiger partial charge in [0, 0.05) is 0 Å². The first-order valence-corrected chi connectivity index (χ1v) is 4.12. The summed E-state index contributed by atoms with van der Waals surface area (Å²) >= 11 is 3.66. The van der Waals surface area contributed by atoms with Gasteiger partial charge in [-0.25, -0.2) is 0 Å². The summed E-state index contributed by atoms with van der Waals surface area (Å²) in [7, 11) is 1.66. The lowest BCUT2D eigenvalue weighted by molar-refractivity contribution is 0.386. The molecule has 0 atom stereocenters.